The zero-order valence-electron chi connectivity index (χ0n) is 12.1. The number of aromatic nitrogens is 2. The summed E-state index contributed by atoms with van der Waals surface area (Å²) in [7, 11) is 0. The lowest BCUT2D eigenvalue weighted by atomic mass is 9.94. The third kappa shape index (κ3) is 4.43. The van der Waals surface area contributed by atoms with Crippen LogP contribution in [0.4, 0.5) is 0 Å². The van der Waals surface area contributed by atoms with Gasteiger partial charge in [0.1, 0.15) is 0 Å². The Labute approximate surface area is 134 Å². The van der Waals surface area contributed by atoms with Gasteiger partial charge in [0.05, 0.1) is 10.0 Å². The van der Waals surface area contributed by atoms with E-state index in [4.69, 9.17) is 33.5 Å². The minimum Gasteiger partial charge on any atom is -0.339 e. The molecule has 21 heavy (non-hydrogen) atoms. The molecule has 6 heteroatoms. The summed E-state index contributed by atoms with van der Waals surface area (Å²) in [5, 5.41) is 4.97. The average molecular weight is 328 g/mol. The Kier molecular flexibility index (Phi) is 5.62. The number of rotatable bonds is 6. The predicted octanol–water partition coefficient (Wildman–Crippen LogP) is 4.21. The lowest BCUT2D eigenvalue weighted by Gasteiger charge is -2.14. The van der Waals surface area contributed by atoms with Crippen molar-refractivity contribution in [3.05, 3.63) is 34.1 Å². The molecule has 4 nitrogen and oxygen atoms in total. The van der Waals surface area contributed by atoms with Gasteiger partial charge >= 0.3 is 0 Å². The summed E-state index contributed by atoms with van der Waals surface area (Å²) in [6.07, 6.45) is 1.74. The number of benzene rings is 1. The maximum Gasteiger partial charge on any atom is 0.227 e. The Balaban J connectivity index is 2.11. The summed E-state index contributed by atoms with van der Waals surface area (Å²) in [6.45, 7) is 4.97. The molecule has 0 spiro atoms. The van der Waals surface area contributed by atoms with Crippen LogP contribution in [0.25, 0.3) is 11.4 Å². The van der Waals surface area contributed by atoms with Crippen molar-refractivity contribution in [2.75, 3.05) is 6.54 Å². The quantitative estimate of drug-likeness (QED) is 0.863. The molecule has 0 bridgehead atoms. The van der Waals surface area contributed by atoms with Crippen LogP contribution in [0.3, 0.4) is 0 Å². The fraction of sp³-hybridized carbons (Fsp3) is 0.467. The van der Waals surface area contributed by atoms with Gasteiger partial charge in [-0.2, -0.15) is 4.98 Å². The molecule has 0 fully saturated rings. The molecule has 0 saturated heterocycles. The van der Waals surface area contributed by atoms with Crippen molar-refractivity contribution in [1.29, 1.82) is 0 Å². The van der Waals surface area contributed by atoms with Gasteiger partial charge in [-0.05, 0) is 43.0 Å². The molecule has 0 amide bonds. The van der Waals surface area contributed by atoms with Crippen LogP contribution in [0.5, 0.6) is 0 Å². The minimum absolute atomic E-state index is 0.354. The van der Waals surface area contributed by atoms with Crippen LogP contribution in [0.1, 0.15) is 26.2 Å². The highest BCUT2D eigenvalue weighted by molar-refractivity contribution is 6.42. The second kappa shape index (κ2) is 7.25. The molecule has 2 N–H and O–H groups in total. The third-order valence-electron chi connectivity index (χ3n) is 3.25. The average Bonchev–Trinajstić information content (AvgIpc) is 2.89. The van der Waals surface area contributed by atoms with E-state index in [0.717, 1.165) is 12.0 Å². The standard InChI is InChI=1S/C15H19Cl2N3O/c1-9(2)5-10(8-18)6-14-19-15(20-21-14)11-3-4-12(16)13(17)7-11/h3-4,7,9-10H,5-6,8,18H2,1-2H3. The van der Waals surface area contributed by atoms with Gasteiger partial charge in [-0.25, -0.2) is 0 Å². The summed E-state index contributed by atoms with van der Waals surface area (Å²) in [4.78, 5) is 4.41. The Bertz CT molecular complexity index is 598. The number of hydrogen-bond acceptors (Lipinski definition) is 4. The Morgan fingerprint density at radius 2 is 2.00 bits per heavy atom. The molecule has 1 heterocycles. The normalized spacial score (nSPS) is 12.9. The largest absolute Gasteiger partial charge is 0.339 e. The lowest BCUT2D eigenvalue weighted by molar-refractivity contribution is 0.332. The van der Waals surface area contributed by atoms with Gasteiger partial charge in [0.2, 0.25) is 11.7 Å². The zero-order chi connectivity index (χ0) is 15.4. The van der Waals surface area contributed by atoms with E-state index in [2.05, 4.69) is 24.0 Å². The molecular weight excluding hydrogens is 309 g/mol. The second-order valence-corrected chi connectivity index (χ2v) is 6.39. The molecule has 2 aromatic rings. The van der Waals surface area contributed by atoms with E-state index < -0.39 is 0 Å². The molecule has 1 atom stereocenters. The second-order valence-electron chi connectivity index (χ2n) is 5.58. The molecule has 2 rings (SSSR count). The number of halogens is 2. The van der Waals surface area contributed by atoms with Crippen LogP contribution in [-0.2, 0) is 6.42 Å². The van der Waals surface area contributed by atoms with Crippen molar-refractivity contribution in [1.82, 2.24) is 10.1 Å². The summed E-state index contributed by atoms with van der Waals surface area (Å²) >= 11 is 11.9. The number of nitrogens with two attached hydrogens (primary N) is 1. The fourth-order valence-electron chi connectivity index (χ4n) is 2.27. The van der Waals surface area contributed by atoms with E-state index in [1.807, 2.05) is 6.07 Å². The smallest absolute Gasteiger partial charge is 0.227 e. The molecule has 0 aliphatic heterocycles. The predicted molar refractivity (Wildman–Crippen MR) is 85.5 cm³/mol. The highest BCUT2D eigenvalue weighted by Gasteiger charge is 2.16. The summed E-state index contributed by atoms with van der Waals surface area (Å²) in [5.74, 6) is 2.07. The van der Waals surface area contributed by atoms with Gasteiger partial charge in [0.25, 0.3) is 0 Å². The molecular formula is C15H19Cl2N3O. The third-order valence-corrected chi connectivity index (χ3v) is 3.99. The molecule has 0 radical (unpaired) electrons. The number of hydrogen-bond donors (Lipinski definition) is 1. The maximum absolute atomic E-state index is 6.00. The van der Waals surface area contributed by atoms with Crippen LogP contribution < -0.4 is 5.73 Å². The van der Waals surface area contributed by atoms with Gasteiger partial charge in [0.15, 0.2) is 0 Å². The van der Waals surface area contributed by atoms with Gasteiger partial charge < -0.3 is 10.3 Å². The van der Waals surface area contributed by atoms with Crippen LogP contribution in [0.2, 0.25) is 10.0 Å². The van der Waals surface area contributed by atoms with Crippen LogP contribution in [0, 0.1) is 11.8 Å². The molecule has 0 aliphatic rings. The van der Waals surface area contributed by atoms with E-state index >= 15 is 0 Å². The first-order chi connectivity index (χ1) is 9.99. The topological polar surface area (TPSA) is 64.9 Å². The Morgan fingerprint density at radius 3 is 2.62 bits per heavy atom. The van der Waals surface area contributed by atoms with Crippen molar-refractivity contribution in [2.24, 2.45) is 17.6 Å². The van der Waals surface area contributed by atoms with Crippen molar-refractivity contribution in [3.8, 4) is 11.4 Å². The molecule has 0 aliphatic carbocycles. The van der Waals surface area contributed by atoms with E-state index in [1.54, 1.807) is 12.1 Å². The SMILES string of the molecule is CC(C)CC(CN)Cc1nc(-c2ccc(Cl)c(Cl)c2)no1. The van der Waals surface area contributed by atoms with Crippen LogP contribution in [0.15, 0.2) is 22.7 Å². The van der Waals surface area contributed by atoms with Gasteiger partial charge in [-0.15, -0.1) is 0 Å². The summed E-state index contributed by atoms with van der Waals surface area (Å²) < 4.78 is 5.31. The summed E-state index contributed by atoms with van der Waals surface area (Å²) in [5.41, 5.74) is 6.59. The van der Waals surface area contributed by atoms with Crippen molar-refractivity contribution < 1.29 is 4.52 Å². The Hall–Kier alpha value is -1.10. The van der Waals surface area contributed by atoms with Crippen LogP contribution >= 0.6 is 23.2 Å². The highest BCUT2D eigenvalue weighted by Crippen LogP contribution is 2.27. The monoisotopic (exact) mass is 327 g/mol. The van der Waals surface area contributed by atoms with Gasteiger partial charge in [-0.1, -0.05) is 42.2 Å². The van der Waals surface area contributed by atoms with E-state index in [9.17, 15) is 0 Å². The highest BCUT2D eigenvalue weighted by atomic mass is 35.5. The Morgan fingerprint density at radius 1 is 1.24 bits per heavy atom. The molecule has 1 aromatic carbocycles. The van der Waals surface area contributed by atoms with E-state index in [-0.39, 0.29) is 0 Å². The fourth-order valence-corrected chi connectivity index (χ4v) is 2.56. The molecule has 1 unspecified atom stereocenters. The first kappa shape index (κ1) is 16.3. The molecule has 1 aromatic heterocycles. The maximum atomic E-state index is 6.00. The van der Waals surface area contributed by atoms with Crippen molar-refractivity contribution in [3.63, 3.8) is 0 Å². The summed E-state index contributed by atoms with van der Waals surface area (Å²) in [6, 6.07) is 5.27. The molecule has 0 saturated carbocycles. The van der Waals surface area contributed by atoms with Crippen molar-refractivity contribution in [2.45, 2.75) is 26.7 Å². The van der Waals surface area contributed by atoms with Crippen LogP contribution in [-0.4, -0.2) is 16.7 Å². The number of nitrogens with zero attached hydrogens (tertiary/aromatic N) is 2. The molecule has 114 valence electrons. The first-order valence-electron chi connectivity index (χ1n) is 6.97. The van der Waals surface area contributed by atoms with Crippen molar-refractivity contribution >= 4 is 23.2 Å². The van der Waals surface area contributed by atoms with Gasteiger partial charge in [-0.3, -0.25) is 0 Å². The zero-order valence-corrected chi connectivity index (χ0v) is 13.7. The van der Waals surface area contributed by atoms with E-state index in [0.29, 0.717) is 46.6 Å². The minimum atomic E-state index is 0.354. The lowest BCUT2D eigenvalue weighted by Crippen LogP contribution is -2.19. The van der Waals surface area contributed by atoms with Gasteiger partial charge in [0, 0.05) is 12.0 Å². The first-order valence-corrected chi connectivity index (χ1v) is 7.73. The van der Waals surface area contributed by atoms with E-state index in [1.165, 1.54) is 0 Å².